The zero-order valence-corrected chi connectivity index (χ0v) is 15.6. The molecular weight excluding hydrogens is 380 g/mol. The molecule has 2 aromatic carbocycles. The Balaban J connectivity index is 1.57. The third-order valence-electron chi connectivity index (χ3n) is 4.31. The highest BCUT2D eigenvalue weighted by Gasteiger charge is 2.19. The number of nitrogens with one attached hydrogen (secondary N) is 1. The fourth-order valence-electron chi connectivity index (χ4n) is 2.84. The molecule has 1 atom stereocenters. The Bertz CT molecular complexity index is 1280. The van der Waals surface area contributed by atoms with Crippen LogP contribution in [0.25, 0.3) is 16.7 Å². The van der Waals surface area contributed by atoms with E-state index in [1.807, 2.05) is 24.3 Å². The quantitative estimate of drug-likeness (QED) is 0.519. The van der Waals surface area contributed by atoms with Gasteiger partial charge in [-0.1, -0.05) is 12.1 Å². The van der Waals surface area contributed by atoms with E-state index < -0.39 is 21.7 Å². The van der Waals surface area contributed by atoms with Gasteiger partial charge in [0.05, 0.1) is 10.6 Å². The topological polar surface area (TPSA) is 107 Å². The van der Waals surface area contributed by atoms with E-state index in [1.54, 1.807) is 17.9 Å². The predicted molar refractivity (Wildman–Crippen MR) is 103 cm³/mol. The first-order valence-electron chi connectivity index (χ1n) is 8.44. The highest BCUT2D eigenvalue weighted by atomic mass is 32.2. The minimum Gasteiger partial charge on any atom is -0.423 e. The lowest BCUT2D eigenvalue weighted by molar-refractivity contribution is 0.559. The Kier molecular flexibility index (Phi) is 4.54. The molecule has 0 spiro atoms. The summed E-state index contributed by atoms with van der Waals surface area (Å²) in [5.74, 6) is 0. The van der Waals surface area contributed by atoms with Gasteiger partial charge >= 0.3 is 5.63 Å². The number of hydrogen-bond acceptors (Lipinski definition) is 6. The van der Waals surface area contributed by atoms with Crippen molar-refractivity contribution in [1.82, 2.24) is 19.5 Å². The molecule has 4 rings (SSSR count). The van der Waals surface area contributed by atoms with Gasteiger partial charge in [0.25, 0.3) is 0 Å². The maximum absolute atomic E-state index is 12.8. The van der Waals surface area contributed by atoms with E-state index in [-0.39, 0.29) is 4.90 Å². The monoisotopic (exact) mass is 396 g/mol. The smallest absolute Gasteiger partial charge is 0.336 e. The first-order chi connectivity index (χ1) is 13.4. The minimum atomic E-state index is -3.76. The van der Waals surface area contributed by atoms with Crippen molar-refractivity contribution in [2.75, 3.05) is 0 Å². The van der Waals surface area contributed by atoms with Gasteiger partial charge in [0, 0.05) is 17.5 Å². The van der Waals surface area contributed by atoms with Crippen LogP contribution < -0.4 is 10.3 Å². The number of sulfonamides is 1. The van der Waals surface area contributed by atoms with Gasteiger partial charge in [-0.2, -0.15) is 5.10 Å². The van der Waals surface area contributed by atoms with Crippen molar-refractivity contribution in [2.24, 2.45) is 0 Å². The van der Waals surface area contributed by atoms with Gasteiger partial charge < -0.3 is 4.42 Å². The average Bonchev–Trinajstić information content (AvgIpc) is 3.22. The van der Waals surface area contributed by atoms with E-state index in [2.05, 4.69) is 14.8 Å². The number of hydrogen-bond donors (Lipinski definition) is 1. The van der Waals surface area contributed by atoms with Crippen molar-refractivity contribution < 1.29 is 12.8 Å². The molecule has 4 aromatic rings. The van der Waals surface area contributed by atoms with Crippen molar-refractivity contribution in [1.29, 1.82) is 0 Å². The third kappa shape index (κ3) is 3.57. The summed E-state index contributed by atoms with van der Waals surface area (Å²) in [6, 6.07) is 14.0. The average molecular weight is 396 g/mol. The Morgan fingerprint density at radius 3 is 2.57 bits per heavy atom. The molecule has 0 radical (unpaired) electrons. The minimum absolute atomic E-state index is 0.0972. The number of fused-ring (bicyclic) bond motifs is 1. The maximum atomic E-state index is 12.8. The second-order valence-electron chi connectivity index (χ2n) is 6.23. The molecule has 0 bridgehead atoms. The highest BCUT2D eigenvalue weighted by molar-refractivity contribution is 7.89. The summed E-state index contributed by atoms with van der Waals surface area (Å²) in [6.07, 6.45) is 3.03. The van der Waals surface area contributed by atoms with Gasteiger partial charge in [0.1, 0.15) is 18.2 Å². The lowest BCUT2D eigenvalue weighted by Gasteiger charge is -2.15. The Hall–Kier alpha value is -3.30. The Labute approximate surface area is 160 Å². The Morgan fingerprint density at radius 2 is 1.86 bits per heavy atom. The normalized spacial score (nSPS) is 12.9. The lowest BCUT2D eigenvalue weighted by atomic mass is 10.1. The summed E-state index contributed by atoms with van der Waals surface area (Å²) in [5, 5.41) is 4.59. The molecule has 0 aliphatic heterocycles. The summed E-state index contributed by atoms with van der Waals surface area (Å²) >= 11 is 0. The van der Waals surface area contributed by atoms with Crippen molar-refractivity contribution in [2.45, 2.75) is 17.9 Å². The molecule has 0 saturated heterocycles. The highest BCUT2D eigenvalue weighted by Crippen LogP contribution is 2.21. The molecule has 0 aliphatic carbocycles. The van der Waals surface area contributed by atoms with E-state index in [1.165, 1.54) is 36.7 Å². The molecule has 28 heavy (non-hydrogen) atoms. The second-order valence-corrected chi connectivity index (χ2v) is 7.94. The van der Waals surface area contributed by atoms with Crippen LogP contribution in [-0.2, 0) is 10.0 Å². The Morgan fingerprint density at radius 1 is 1.07 bits per heavy atom. The molecule has 0 aliphatic rings. The zero-order valence-electron chi connectivity index (χ0n) is 14.8. The van der Waals surface area contributed by atoms with Crippen LogP contribution in [0, 0.1) is 0 Å². The van der Waals surface area contributed by atoms with Crippen molar-refractivity contribution in [3.05, 3.63) is 83.2 Å². The molecule has 0 fully saturated rings. The fourth-order valence-corrected chi connectivity index (χ4v) is 4.11. The summed E-state index contributed by atoms with van der Waals surface area (Å²) < 4.78 is 34.8. The molecule has 2 heterocycles. The van der Waals surface area contributed by atoms with Crippen molar-refractivity contribution >= 4 is 21.0 Å². The van der Waals surface area contributed by atoms with Crippen LogP contribution in [0.1, 0.15) is 18.5 Å². The summed E-state index contributed by atoms with van der Waals surface area (Å²) in [7, 11) is -3.76. The van der Waals surface area contributed by atoms with Crippen LogP contribution in [0.4, 0.5) is 0 Å². The van der Waals surface area contributed by atoms with Crippen LogP contribution in [0.3, 0.4) is 0 Å². The molecule has 0 amide bonds. The SMILES string of the molecule is CC(NS(=O)(=O)c1ccc2oc(=O)ccc2c1)c1ccc(-n2cncn2)cc1. The van der Waals surface area contributed by atoms with Crippen molar-refractivity contribution in [3.8, 4) is 5.69 Å². The predicted octanol–water partition coefficient (Wildman–Crippen LogP) is 2.41. The van der Waals surface area contributed by atoms with E-state index in [0.717, 1.165) is 11.3 Å². The largest absolute Gasteiger partial charge is 0.423 e. The number of rotatable bonds is 5. The van der Waals surface area contributed by atoms with E-state index in [4.69, 9.17) is 4.42 Å². The number of benzene rings is 2. The molecule has 1 unspecified atom stereocenters. The van der Waals surface area contributed by atoms with Crippen LogP contribution in [0.5, 0.6) is 0 Å². The van der Waals surface area contributed by atoms with Gasteiger partial charge in [0.15, 0.2) is 0 Å². The molecular formula is C19H16N4O4S. The van der Waals surface area contributed by atoms with E-state index in [0.29, 0.717) is 11.0 Å². The summed E-state index contributed by atoms with van der Waals surface area (Å²) in [4.78, 5) is 15.3. The number of nitrogens with zero attached hydrogens (tertiary/aromatic N) is 3. The molecule has 0 saturated carbocycles. The number of aromatic nitrogens is 3. The zero-order chi connectivity index (χ0) is 19.7. The van der Waals surface area contributed by atoms with Gasteiger partial charge in [-0.3, -0.25) is 0 Å². The van der Waals surface area contributed by atoms with E-state index >= 15 is 0 Å². The van der Waals surface area contributed by atoms with Gasteiger partial charge in [0.2, 0.25) is 10.0 Å². The summed E-state index contributed by atoms with van der Waals surface area (Å²) in [5.41, 5.74) is 1.49. The second kappa shape index (κ2) is 7.02. The third-order valence-corrected chi connectivity index (χ3v) is 5.85. The lowest BCUT2D eigenvalue weighted by Crippen LogP contribution is -2.26. The first kappa shape index (κ1) is 18.1. The standard InChI is InChI=1S/C19H16N4O4S/c1-13(14-2-5-16(6-3-14)23-12-20-11-21-23)22-28(25,26)17-7-8-18-15(10-17)4-9-19(24)27-18/h2-13,22H,1H3. The molecule has 2 aromatic heterocycles. The van der Waals surface area contributed by atoms with Crippen LogP contribution in [0.15, 0.2) is 81.4 Å². The van der Waals surface area contributed by atoms with E-state index in [9.17, 15) is 13.2 Å². The first-order valence-corrected chi connectivity index (χ1v) is 9.92. The molecule has 142 valence electrons. The van der Waals surface area contributed by atoms with Crippen molar-refractivity contribution in [3.63, 3.8) is 0 Å². The fraction of sp³-hybridized carbons (Fsp3) is 0.105. The summed E-state index contributed by atoms with van der Waals surface area (Å²) in [6.45, 7) is 1.77. The molecule has 9 heteroatoms. The van der Waals surface area contributed by atoms with Crippen LogP contribution >= 0.6 is 0 Å². The van der Waals surface area contributed by atoms with Crippen LogP contribution in [-0.4, -0.2) is 23.2 Å². The van der Waals surface area contributed by atoms with Crippen LogP contribution in [0.2, 0.25) is 0 Å². The van der Waals surface area contributed by atoms with Gasteiger partial charge in [-0.15, -0.1) is 0 Å². The van der Waals surface area contributed by atoms with Gasteiger partial charge in [-0.25, -0.2) is 27.6 Å². The van der Waals surface area contributed by atoms with Gasteiger partial charge in [-0.05, 0) is 48.9 Å². The maximum Gasteiger partial charge on any atom is 0.336 e. The molecule has 8 nitrogen and oxygen atoms in total. The molecule has 1 N–H and O–H groups in total.